The minimum atomic E-state index is -0.600. The second kappa shape index (κ2) is 5.54. The maximum absolute atomic E-state index is 13.1. The van der Waals surface area contributed by atoms with Crippen LogP contribution in [-0.2, 0) is 0 Å². The Hall–Kier alpha value is -1.33. The summed E-state index contributed by atoms with van der Waals surface area (Å²) >= 11 is 1.42. The van der Waals surface area contributed by atoms with Crippen molar-refractivity contribution in [1.82, 2.24) is 4.98 Å². The van der Waals surface area contributed by atoms with Crippen molar-refractivity contribution < 1.29 is 8.78 Å². The van der Waals surface area contributed by atoms with Crippen LogP contribution in [0.2, 0.25) is 0 Å². The number of nitrogens with two attached hydrogens (primary N) is 1. The summed E-state index contributed by atoms with van der Waals surface area (Å²) in [4.78, 5) is 4.34. The van der Waals surface area contributed by atoms with E-state index in [9.17, 15) is 8.78 Å². The van der Waals surface area contributed by atoms with E-state index in [-0.39, 0.29) is 6.04 Å². The number of hydrogen-bond acceptors (Lipinski definition) is 3. The Morgan fingerprint density at radius 2 is 1.94 bits per heavy atom. The van der Waals surface area contributed by atoms with Crippen molar-refractivity contribution in [2.24, 2.45) is 5.73 Å². The number of aromatic nitrogens is 1. The highest BCUT2D eigenvalue weighted by atomic mass is 32.1. The molecule has 0 amide bonds. The normalized spacial score (nSPS) is 12.7. The van der Waals surface area contributed by atoms with Crippen LogP contribution in [0.1, 0.15) is 30.8 Å². The van der Waals surface area contributed by atoms with E-state index in [1.807, 2.05) is 0 Å². The van der Waals surface area contributed by atoms with Crippen LogP contribution >= 0.6 is 11.3 Å². The summed E-state index contributed by atoms with van der Waals surface area (Å²) in [7, 11) is 0. The van der Waals surface area contributed by atoms with E-state index in [2.05, 4.69) is 11.9 Å². The molecule has 0 saturated heterocycles. The van der Waals surface area contributed by atoms with Gasteiger partial charge in [0.15, 0.2) is 0 Å². The third kappa shape index (κ3) is 2.91. The van der Waals surface area contributed by atoms with Gasteiger partial charge in [-0.2, -0.15) is 0 Å². The molecular weight excluding hydrogens is 254 g/mol. The zero-order chi connectivity index (χ0) is 13.1. The number of hydrogen-bond donors (Lipinski definition) is 1. The molecule has 18 heavy (non-hydrogen) atoms. The van der Waals surface area contributed by atoms with Gasteiger partial charge in [-0.3, -0.25) is 0 Å². The van der Waals surface area contributed by atoms with E-state index in [1.54, 1.807) is 5.38 Å². The second-order valence-corrected chi connectivity index (χ2v) is 5.01. The first-order chi connectivity index (χ1) is 8.60. The molecule has 2 aromatic rings. The molecule has 2 N–H and O–H groups in total. The maximum atomic E-state index is 13.1. The lowest BCUT2D eigenvalue weighted by Crippen LogP contribution is -2.09. The van der Waals surface area contributed by atoms with Crippen LogP contribution in [-0.4, -0.2) is 4.98 Å². The molecule has 1 aromatic carbocycles. The van der Waals surface area contributed by atoms with Crippen molar-refractivity contribution in [2.75, 3.05) is 0 Å². The molecular formula is C13H14F2N2S. The van der Waals surface area contributed by atoms with Gasteiger partial charge in [-0.1, -0.05) is 13.3 Å². The molecule has 0 radical (unpaired) electrons. The first-order valence-corrected chi connectivity index (χ1v) is 6.65. The van der Waals surface area contributed by atoms with E-state index in [4.69, 9.17) is 5.73 Å². The first kappa shape index (κ1) is 13.1. The molecule has 0 aliphatic carbocycles. The van der Waals surface area contributed by atoms with Crippen molar-refractivity contribution in [3.8, 4) is 11.3 Å². The third-order valence-corrected chi connectivity index (χ3v) is 3.57. The van der Waals surface area contributed by atoms with Crippen LogP contribution in [0.4, 0.5) is 8.78 Å². The quantitative estimate of drug-likeness (QED) is 0.913. The Kier molecular flexibility index (Phi) is 4.04. The summed E-state index contributed by atoms with van der Waals surface area (Å²) in [5.41, 5.74) is 6.97. The second-order valence-electron chi connectivity index (χ2n) is 4.12. The topological polar surface area (TPSA) is 38.9 Å². The molecule has 5 heteroatoms. The zero-order valence-electron chi connectivity index (χ0n) is 9.99. The Morgan fingerprint density at radius 1 is 1.28 bits per heavy atom. The molecule has 2 nitrogen and oxygen atoms in total. The summed E-state index contributed by atoms with van der Waals surface area (Å²) in [6.07, 6.45) is 1.83. The Bertz CT molecular complexity index is 519. The summed E-state index contributed by atoms with van der Waals surface area (Å²) in [5.74, 6) is -1.20. The zero-order valence-corrected chi connectivity index (χ0v) is 10.8. The van der Waals surface area contributed by atoms with Gasteiger partial charge in [-0.25, -0.2) is 13.8 Å². The summed E-state index contributed by atoms with van der Waals surface area (Å²) in [6.45, 7) is 2.05. The van der Waals surface area contributed by atoms with Crippen LogP contribution in [0.15, 0.2) is 23.6 Å². The predicted octanol–water partition coefficient (Wildman–Crippen LogP) is 3.89. The minimum Gasteiger partial charge on any atom is -0.322 e. The Morgan fingerprint density at radius 3 is 2.56 bits per heavy atom. The first-order valence-electron chi connectivity index (χ1n) is 5.77. The average Bonchev–Trinajstić information content (AvgIpc) is 2.77. The largest absolute Gasteiger partial charge is 0.322 e. The van der Waals surface area contributed by atoms with Gasteiger partial charge in [0, 0.05) is 17.0 Å². The van der Waals surface area contributed by atoms with Crippen molar-refractivity contribution in [1.29, 1.82) is 0 Å². The summed E-state index contributed by atoms with van der Waals surface area (Å²) < 4.78 is 26.2. The molecule has 0 fully saturated rings. The van der Waals surface area contributed by atoms with Gasteiger partial charge in [0.2, 0.25) is 0 Å². The standard InChI is InChI=1S/C13H14F2N2S/c1-2-3-11(16)13-17-12(7-18-13)8-4-9(14)6-10(15)5-8/h4-7,11H,2-3,16H2,1H3. The molecule has 0 aliphatic rings. The third-order valence-electron chi connectivity index (χ3n) is 2.60. The van der Waals surface area contributed by atoms with Gasteiger partial charge in [0.25, 0.3) is 0 Å². The van der Waals surface area contributed by atoms with Crippen molar-refractivity contribution in [3.63, 3.8) is 0 Å². The smallest absolute Gasteiger partial charge is 0.126 e. The maximum Gasteiger partial charge on any atom is 0.126 e. The van der Waals surface area contributed by atoms with Crippen LogP contribution < -0.4 is 5.73 Å². The van der Waals surface area contributed by atoms with Crippen molar-refractivity contribution in [3.05, 3.63) is 40.2 Å². The fraction of sp³-hybridized carbons (Fsp3) is 0.308. The molecule has 1 aromatic heterocycles. The molecule has 0 saturated carbocycles. The number of benzene rings is 1. The minimum absolute atomic E-state index is 0.104. The summed E-state index contributed by atoms with van der Waals surface area (Å²) in [5, 5.41) is 2.58. The number of rotatable bonds is 4. The molecule has 2 rings (SSSR count). The lowest BCUT2D eigenvalue weighted by atomic mass is 10.1. The average molecular weight is 268 g/mol. The van der Waals surface area contributed by atoms with E-state index >= 15 is 0 Å². The predicted molar refractivity (Wildman–Crippen MR) is 69.3 cm³/mol. The number of thiazole rings is 1. The molecule has 0 spiro atoms. The van der Waals surface area contributed by atoms with Gasteiger partial charge in [0.1, 0.15) is 16.6 Å². The van der Waals surface area contributed by atoms with Crippen molar-refractivity contribution >= 4 is 11.3 Å². The highest BCUT2D eigenvalue weighted by Crippen LogP contribution is 2.27. The molecule has 1 unspecified atom stereocenters. The molecule has 1 atom stereocenters. The monoisotopic (exact) mass is 268 g/mol. The van der Waals surface area contributed by atoms with Gasteiger partial charge in [-0.05, 0) is 18.6 Å². The van der Waals surface area contributed by atoms with Gasteiger partial charge >= 0.3 is 0 Å². The van der Waals surface area contributed by atoms with Crippen LogP contribution in [0.25, 0.3) is 11.3 Å². The SMILES string of the molecule is CCCC(N)c1nc(-c2cc(F)cc(F)c2)cs1. The van der Waals surface area contributed by atoms with E-state index in [0.29, 0.717) is 11.3 Å². The van der Waals surface area contributed by atoms with Crippen molar-refractivity contribution in [2.45, 2.75) is 25.8 Å². The van der Waals surface area contributed by atoms with E-state index in [0.717, 1.165) is 23.9 Å². The number of nitrogens with zero attached hydrogens (tertiary/aromatic N) is 1. The lowest BCUT2D eigenvalue weighted by molar-refractivity contribution is 0.584. The molecule has 1 heterocycles. The van der Waals surface area contributed by atoms with Gasteiger partial charge in [0.05, 0.1) is 11.7 Å². The molecule has 96 valence electrons. The van der Waals surface area contributed by atoms with Crippen LogP contribution in [0.5, 0.6) is 0 Å². The van der Waals surface area contributed by atoms with Gasteiger partial charge in [-0.15, -0.1) is 11.3 Å². The highest BCUT2D eigenvalue weighted by Gasteiger charge is 2.12. The van der Waals surface area contributed by atoms with E-state index < -0.39 is 11.6 Å². The Balaban J connectivity index is 2.29. The fourth-order valence-corrected chi connectivity index (χ4v) is 2.59. The molecule has 0 aliphatic heterocycles. The lowest BCUT2D eigenvalue weighted by Gasteiger charge is -2.05. The Labute approximate surface area is 108 Å². The number of halogens is 2. The van der Waals surface area contributed by atoms with E-state index in [1.165, 1.54) is 23.5 Å². The van der Waals surface area contributed by atoms with Crippen LogP contribution in [0, 0.1) is 11.6 Å². The van der Waals surface area contributed by atoms with Crippen LogP contribution in [0.3, 0.4) is 0 Å². The van der Waals surface area contributed by atoms with Gasteiger partial charge < -0.3 is 5.73 Å². The highest BCUT2D eigenvalue weighted by molar-refractivity contribution is 7.10. The summed E-state index contributed by atoms with van der Waals surface area (Å²) in [6, 6.07) is 3.28. The fourth-order valence-electron chi connectivity index (χ4n) is 1.73. The molecule has 0 bridgehead atoms.